The van der Waals surface area contributed by atoms with Crippen LogP contribution in [-0.2, 0) is 16.0 Å². The zero-order chi connectivity index (χ0) is 31.3. The maximum atomic E-state index is 13.3. The summed E-state index contributed by atoms with van der Waals surface area (Å²) in [6.07, 6.45) is 0.0258. The molecule has 16 nitrogen and oxygen atoms in total. The second kappa shape index (κ2) is 12.5. The first kappa shape index (κ1) is 29.8. The Bertz CT molecular complexity index is 1790. The maximum Gasteiger partial charge on any atom is 0.336 e. The number of fused-ring (bicyclic) bond motifs is 1. The third-order valence-corrected chi connectivity index (χ3v) is 6.26. The van der Waals surface area contributed by atoms with Crippen LogP contribution in [0.1, 0.15) is 11.1 Å². The van der Waals surface area contributed by atoms with Crippen LogP contribution in [-0.4, -0.2) is 39.2 Å². The molecule has 1 atom stereocenters. The van der Waals surface area contributed by atoms with E-state index in [1.807, 2.05) is 0 Å². The van der Waals surface area contributed by atoms with Crippen LogP contribution in [0.15, 0.2) is 75.9 Å². The first-order chi connectivity index (χ1) is 20.4. The number of carbonyl (C=O) groups excluding carboxylic acids is 2. The van der Waals surface area contributed by atoms with Crippen molar-refractivity contribution in [2.75, 3.05) is 17.2 Å². The normalized spacial score (nSPS) is 11.4. The Morgan fingerprint density at radius 3 is 2.14 bits per heavy atom. The van der Waals surface area contributed by atoms with Crippen LogP contribution in [0.2, 0.25) is 0 Å². The average Bonchev–Trinajstić information content (AvgIpc) is 2.95. The van der Waals surface area contributed by atoms with Crippen molar-refractivity contribution in [3.63, 3.8) is 0 Å². The van der Waals surface area contributed by atoms with Gasteiger partial charge in [-0.1, -0.05) is 30.3 Å². The Balaban J connectivity index is 1.56. The molecule has 0 saturated carbocycles. The Labute approximate surface area is 240 Å². The molecule has 4 rings (SSSR count). The first-order valence-corrected chi connectivity index (χ1v) is 12.5. The molecule has 16 heteroatoms. The minimum Gasteiger partial charge on any atom is -0.423 e. The second-order valence-electron chi connectivity index (χ2n) is 9.24. The van der Waals surface area contributed by atoms with E-state index in [9.17, 15) is 44.7 Å². The Kier molecular flexibility index (Phi) is 8.69. The van der Waals surface area contributed by atoms with Crippen molar-refractivity contribution in [2.45, 2.75) is 19.4 Å². The van der Waals surface area contributed by atoms with Crippen LogP contribution in [0.5, 0.6) is 0 Å². The van der Waals surface area contributed by atoms with Gasteiger partial charge in [-0.05, 0) is 30.2 Å². The quantitative estimate of drug-likeness (QED) is 0.130. The van der Waals surface area contributed by atoms with Crippen molar-refractivity contribution < 1.29 is 28.8 Å². The predicted octanol–water partition coefficient (Wildman–Crippen LogP) is 3.60. The fourth-order valence-electron chi connectivity index (χ4n) is 4.28. The lowest BCUT2D eigenvalue weighted by atomic mass is 10.0. The van der Waals surface area contributed by atoms with Gasteiger partial charge in [-0.25, -0.2) is 4.79 Å². The van der Waals surface area contributed by atoms with E-state index in [4.69, 9.17) is 4.42 Å². The molecule has 0 unspecified atom stereocenters. The summed E-state index contributed by atoms with van der Waals surface area (Å²) < 4.78 is 5.21. The van der Waals surface area contributed by atoms with Gasteiger partial charge < -0.3 is 20.4 Å². The molecule has 0 aliphatic carbocycles. The molecule has 0 aliphatic heterocycles. The van der Waals surface area contributed by atoms with Gasteiger partial charge in [0.25, 0.3) is 5.69 Å². The minimum atomic E-state index is -1.18. The van der Waals surface area contributed by atoms with Crippen molar-refractivity contribution in [3.05, 3.63) is 119 Å². The highest BCUT2D eigenvalue weighted by Gasteiger charge is 2.31. The van der Waals surface area contributed by atoms with Crippen molar-refractivity contribution in [1.29, 1.82) is 0 Å². The molecule has 0 bridgehead atoms. The van der Waals surface area contributed by atoms with Crippen LogP contribution in [0.4, 0.5) is 28.4 Å². The van der Waals surface area contributed by atoms with Gasteiger partial charge in [0, 0.05) is 29.6 Å². The van der Waals surface area contributed by atoms with Gasteiger partial charge in [-0.15, -0.1) is 0 Å². The molecule has 1 aromatic heterocycles. The van der Waals surface area contributed by atoms with E-state index in [0.29, 0.717) is 28.6 Å². The smallest absolute Gasteiger partial charge is 0.336 e. The summed E-state index contributed by atoms with van der Waals surface area (Å²) in [5.74, 6) is -1.52. The Morgan fingerprint density at radius 1 is 0.884 bits per heavy atom. The molecule has 3 aromatic carbocycles. The first-order valence-electron chi connectivity index (χ1n) is 12.5. The molecule has 3 N–H and O–H groups in total. The SMILES string of the molecule is Cc1cc(=O)oc2cc(NC(=O)[C@H](Cc3ccccc3)NC(=O)CNc3c([N+](=O)[O-])cc([N+](=O)[O-])cc3[N+](=O)[O-])ccc12. The maximum absolute atomic E-state index is 13.3. The molecular weight excluding hydrogens is 568 g/mol. The molecule has 0 spiro atoms. The van der Waals surface area contributed by atoms with Gasteiger partial charge in [-0.2, -0.15) is 0 Å². The zero-order valence-corrected chi connectivity index (χ0v) is 22.3. The van der Waals surface area contributed by atoms with Crippen LogP contribution in [0.3, 0.4) is 0 Å². The zero-order valence-electron chi connectivity index (χ0n) is 22.3. The molecule has 220 valence electrons. The molecule has 0 radical (unpaired) electrons. The van der Waals surface area contributed by atoms with E-state index in [0.717, 1.165) is 0 Å². The molecule has 2 amide bonds. The number of aryl methyl sites for hydroxylation is 1. The summed E-state index contributed by atoms with van der Waals surface area (Å²) in [6.45, 7) is 0.981. The number of nitro groups is 3. The van der Waals surface area contributed by atoms with Crippen molar-refractivity contribution in [1.82, 2.24) is 5.32 Å². The summed E-state index contributed by atoms with van der Waals surface area (Å²) in [5, 5.41) is 42.3. The monoisotopic (exact) mass is 590 g/mol. The standard InChI is InChI=1S/C27H22N6O10/c1-15-9-25(35)43-23-11-17(7-8-19(15)23)29-27(36)20(10-16-5-3-2-4-6-16)30-24(34)14-28-26-21(32(39)40)12-18(31(37)38)13-22(26)33(41)42/h2-9,11-13,20,28H,10,14H2,1H3,(H,29,36)(H,30,34)/t20-/m0/s1. The number of nitrogens with zero attached hydrogens (tertiary/aromatic N) is 3. The highest BCUT2D eigenvalue weighted by atomic mass is 16.6. The van der Waals surface area contributed by atoms with Gasteiger partial charge in [0.2, 0.25) is 11.8 Å². The number of benzene rings is 3. The number of nitrogens with one attached hydrogen (secondary N) is 3. The van der Waals surface area contributed by atoms with E-state index < -0.39 is 67.5 Å². The van der Waals surface area contributed by atoms with Crippen LogP contribution >= 0.6 is 0 Å². The van der Waals surface area contributed by atoms with Crippen LogP contribution in [0, 0.1) is 37.3 Å². The third kappa shape index (κ3) is 7.12. The van der Waals surface area contributed by atoms with Crippen LogP contribution in [0.25, 0.3) is 11.0 Å². The van der Waals surface area contributed by atoms with Crippen molar-refractivity contribution in [2.24, 2.45) is 0 Å². The topological polar surface area (TPSA) is 230 Å². The second-order valence-corrected chi connectivity index (χ2v) is 9.24. The fourth-order valence-corrected chi connectivity index (χ4v) is 4.28. The highest BCUT2D eigenvalue weighted by Crippen LogP contribution is 2.38. The van der Waals surface area contributed by atoms with Crippen molar-refractivity contribution in [3.8, 4) is 0 Å². The van der Waals surface area contributed by atoms with E-state index in [2.05, 4.69) is 16.0 Å². The molecule has 1 heterocycles. The number of non-ortho nitro benzene ring substituents is 1. The highest BCUT2D eigenvalue weighted by molar-refractivity contribution is 5.99. The van der Waals surface area contributed by atoms with Gasteiger partial charge in [0.15, 0.2) is 5.69 Å². The summed E-state index contributed by atoms with van der Waals surface area (Å²) in [5.41, 5.74) is -2.25. The molecule has 0 aliphatic rings. The number of hydrogen-bond donors (Lipinski definition) is 3. The minimum absolute atomic E-state index is 0.0258. The number of hydrogen-bond acceptors (Lipinski definition) is 11. The van der Waals surface area contributed by atoms with E-state index >= 15 is 0 Å². The predicted molar refractivity (Wildman–Crippen MR) is 153 cm³/mol. The summed E-state index contributed by atoms with van der Waals surface area (Å²) in [7, 11) is 0. The lowest BCUT2D eigenvalue weighted by molar-refractivity contribution is -0.401. The molecular formula is C27H22N6O10. The average molecular weight is 591 g/mol. The summed E-state index contributed by atoms with van der Waals surface area (Å²) in [6, 6.07) is 14.6. The number of anilines is 2. The number of rotatable bonds is 11. The van der Waals surface area contributed by atoms with E-state index in [1.165, 1.54) is 12.1 Å². The number of amides is 2. The van der Waals surface area contributed by atoms with E-state index in [-0.39, 0.29) is 17.7 Å². The lowest BCUT2D eigenvalue weighted by Gasteiger charge is -2.19. The fraction of sp³-hybridized carbons (Fsp3) is 0.148. The number of carbonyl (C=O) groups is 2. The molecule has 0 fully saturated rings. The number of nitro benzene ring substituents is 3. The molecule has 4 aromatic rings. The lowest BCUT2D eigenvalue weighted by Crippen LogP contribution is -2.47. The van der Waals surface area contributed by atoms with Gasteiger partial charge in [0.05, 0.1) is 33.4 Å². The molecule has 0 saturated heterocycles. The molecule has 43 heavy (non-hydrogen) atoms. The largest absolute Gasteiger partial charge is 0.423 e. The van der Waals surface area contributed by atoms with Gasteiger partial charge in [0.1, 0.15) is 11.6 Å². The summed E-state index contributed by atoms with van der Waals surface area (Å²) in [4.78, 5) is 69.0. The van der Waals surface area contributed by atoms with Crippen molar-refractivity contribution >= 4 is 51.2 Å². The van der Waals surface area contributed by atoms with E-state index in [1.54, 1.807) is 49.4 Å². The Hall–Kier alpha value is -6.19. The van der Waals surface area contributed by atoms with Gasteiger partial charge >= 0.3 is 17.0 Å². The summed E-state index contributed by atoms with van der Waals surface area (Å²) >= 11 is 0. The Morgan fingerprint density at radius 2 is 1.53 bits per heavy atom. The third-order valence-electron chi connectivity index (χ3n) is 6.26. The van der Waals surface area contributed by atoms with Gasteiger partial charge in [-0.3, -0.25) is 39.9 Å². The van der Waals surface area contributed by atoms with Crippen LogP contribution < -0.4 is 21.6 Å².